The van der Waals surface area contributed by atoms with Crippen LogP contribution in [0.3, 0.4) is 0 Å². The van der Waals surface area contributed by atoms with E-state index in [1.54, 1.807) is 0 Å². The number of aliphatic hydroxyl groups excluding tert-OH is 1. The van der Waals surface area contributed by atoms with Crippen LogP contribution in [0.25, 0.3) is 0 Å². The molecule has 2 aliphatic rings. The second-order valence-electron chi connectivity index (χ2n) is 10.3. The number of esters is 1. The van der Waals surface area contributed by atoms with Gasteiger partial charge in [0.05, 0.1) is 25.7 Å². The van der Waals surface area contributed by atoms with Crippen molar-refractivity contribution >= 4 is 20.4 Å². The summed E-state index contributed by atoms with van der Waals surface area (Å²) in [7, 11) is -2.60. The molecule has 43 heavy (non-hydrogen) atoms. The van der Waals surface area contributed by atoms with Crippen molar-refractivity contribution in [2.24, 2.45) is 0 Å². The number of hydrogen-bond acceptors (Lipinski definition) is 13. The largest absolute Gasteiger partial charge is 0.459 e. The molecule has 2 aromatic heterocycles. The van der Waals surface area contributed by atoms with Gasteiger partial charge in [-0.1, -0.05) is 0 Å². The molecule has 7 atom stereocenters. The van der Waals surface area contributed by atoms with Gasteiger partial charge in [-0.2, -0.15) is 0 Å². The summed E-state index contributed by atoms with van der Waals surface area (Å²) in [6.07, 6.45) is -3.10. The third kappa shape index (κ3) is 8.00. The van der Waals surface area contributed by atoms with E-state index in [1.165, 1.54) is 33.2 Å². The molecule has 2 fully saturated rings. The second kappa shape index (κ2) is 14.0. The number of hydrogen-bond donors (Lipinski definition) is 4. The highest BCUT2D eigenvalue weighted by Gasteiger charge is 2.42. The van der Waals surface area contributed by atoms with Crippen LogP contribution in [0.4, 0.5) is 0 Å². The summed E-state index contributed by atoms with van der Waals surface area (Å²) < 4.78 is 30.5. The van der Waals surface area contributed by atoms with Crippen molar-refractivity contribution < 1.29 is 42.8 Å². The SMILES string of the molecule is CC(=O)CCC(=O)O[C@H]1C[C@H](n2cc(C)c(=O)[nH]c2=O)O[C@@H]1COP(O)O[C@H]1C[C@H](n2cc(C)c(=O)[nH]c2=O)O[C@@H]1CO. The van der Waals surface area contributed by atoms with Crippen LogP contribution in [0, 0.1) is 13.8 Å². The molecule has 0 bridgehead atoms. The van der Waals surface area contributed by atoms with Gasteiger partial charge in [0.25, 0.3) is 11.1 Å². The first-order valence-electron chi connectivity index (χ1n) is 13.4. The molecule has 236 valence electrons. The third-order valence-electron chi connectivity index (χ3n) is 6.99. The molecule has 2 aliphatic heterocycles. The number of aryl methyl sites for hydroxylation is 2. The van der Waals surface area contributed by atoms with E-state index in [1.807, 2.05) is 0 Å². The second-order valence-corrected chi connectivity index (χ2v) is 11.2. The smallest absolute Gasteiger partial charge is 0.330 e. The number of rotatable bonds is 12. The maximum atomic E-state index is 12.4. The number of Topliss-reactive ketones (excluding diaryl/α,β-unsaturated/α-hetero) is 1. The van der Waals surface area contributed by atoms with Crippen LogP contribution in [0.5, 0.6) is 0 Å². The fraction of sp³-hybridized carbons (Fsp3) is 0.600. The number of ketones is 1. The zero-order chi connectivity index (χ0) is 31.4. The van der Waals surface area contributed by atoms with Crippen LogP contribution in [0.15, 0.2) is 31.6 Å². The Morgan fingerprint density at radius 3 is 2.00 bits per heavy atom. The fourth-order valence-electron chi connectivity index (χ4n) is 4.68. The van der Waals surface area contributed by atoms with Crippen molar-refractivity contribution in [2.75, 3.05) is 13.2 Å². The van der Waals surface area contributed by atoms with Crippen molar-refractivity contribution in [1.29, 1.82) is 0 Å². The van der Waals surface area contributed by atoms with E-state index < -0.39 is 80.5 Å². The lowest BCUT2D eigenvalue weighted by Gasteiger charge is -2.22. The molecule has 0 radical (unpaired) electrons. The number of carbonyl (C=O) groups is 2. The van der Waals surface area contributed by atoms with Gasteiger partial charge in [0, 0.05) is 42.8 Å². The van der Waals surface area contributed by atoms with Gasteiger partial charge in [-0.25, -0.2) is 9.59 Å². The quantitative estimate of drug-likeness (QED) is 0.166. The average Bonchev–Trinajstić information content (AvgIpc) is 3.53. The monoisotopic (exact) mass is 628 g/mol. The molecular weight excluding hydrogens is 595 g/mol. The van der Waals surface area contributed by atoms with Gasteiger partial charge in [-0.05, 0) is 20.8 Å². The fourth-order valence-corrected chi connectivity index (χ4v) is 5.47. The highest BCUT2D eigenvalue weighted by Crippen LogP contribution is 2.42. The summed E-state index contributed by atoms with van der Waals surface area (Å²) in [5, 5.41) is 9.77. The van der Waals surface area contributed by atoms with E-state index in [0.29, 0.717) is 0 Å². The Balaban J connectivity index is 1.42. The highest BCUT2D eigenvalue weighted by molar-refractivity contribution is 7.40. The van der Waals surface area contributed by atoms with Crippen LogP contribution in [-0.4, -0.2) is 78.5 Å². The molecule has 2 aromatic rings. The highest BCUT2D eigenvalue weighted by atomic mass is 31.2. The normalized spacial score (nSPS) is 26.0. The van der Waals surface area contributed by atoms with E-state index in [2.05, 4.69) is 9.97 Å². The zero-order valence-electron chi connectivity index (χ0n) is 23.6. The number of aliphatic hydroxyl groups is 1. The van der Waals surface area contributed by atoms with E-state index in [0.717, 1.165) is 9.13 Å². The van der Waals surface area contributed by atoms with Crippen molar-refractivity contribution in [3.63, 3.8) is 0 Å². The first-order chi connectivity index (χ1) is 20.4. The summed E-state index contributed by atoms with van der Waals surface area (Å²) in [5.74, 6) is -0.870. The van der Waals surface area contributed by atoms with Crippen molar-refractivity contribution in [3.05, 3.63) is 65.2 Å². The number of nitrogens with zero attached hydrogens (tertiary/aromatic N) is 2. The van der Waals surface area contributed by atoms with Crippen LogP contribution >= 0.6 is 8.60 Å². The minimum absolute atomic E-state index is 0.00745. The maximum Gasteiger partial charge on any atom is 0.330 e. The molecule has 4 heterocycles. The van der Waals surface area contributed by atoms with Crippen LogP contribution in [-0.2, 0) is 32.8 Å². The summed E-state index contributed by atoms with van der Waals surface area (Å²) in [4.78, 5) is 86.7. The standard InChI is InChI=1S/C25H33N4O13P/c1-12-8-28(24(35)26-22(12)33)19-6-15(41-21(32)5-4-14(3)31)18(40-19)11-38-43(37)42-16-7-20(39-17(16)10-30)29-9-13(2)23(34)27-25(29)36/h8-9,15-20,30,37H,4-7,10-11H2,1-3H3,(H,26,33,35)(H,27,34,36)/t15-,16-,17+,18+,19+,20+,43?/m0/s1. The number of aromatic nitrogens is 4. The third-order valence-corrected chi connectivity index (χ3v) is 7.81. The lowest BCUT2D eigenvalue weighted by Crippen LogP contribution is -2.33. The summed E-state index contributed by atoms with van der Waals surface area (Å²) in [6.45, 7) is 3.51. The van der Waals surface area contributed by atoms with E-state index >= 15 is 0 Å². The molecule has 0 amide bonds. The molecule has 2 saturated heterocycles. The zero-order valence-corrected chi connectivity index (χ0v) is 24.5. The van der Waals surface area contributed by atoms with Crippen molar-refractivity contribution in [3.8, 4) is 0 Å². The Morgan fingerprint density at radius 1 is 0.930 bits per heavy atom. The van der Waals surface area contributed by atoms with Gasteiger partial charge in [0.2, 0.25) is 0 Å². The lowest BCUT2D eigenvalue weighted by molar-refractivity contribution is -0.153. The average molecular weight is 629 g/mol. The van der Waals surface area contributed by atoms with E-state index in [9.17, 15) is 38.8 Å². The van der Waals surface area contributed by atoms with Crippen LogP contribution in [0.1, 0.15) is 56.2 Å². The van der Waals surface area contributed by atoms with Gasteiger partial charge in [-0.3, -0.25) is 33.5 Å². The van der Waals surface area contributed by atoms with Gasteiger partial charge < -0.3 is 38.1 Å². The van der Waals surface area contributed by atoms with Gasteiger partial charge in [0.15, 0.2) is 0 Å². The molecule has 0 saturated carbocycles. The molecule has 4 N–H and O–H groups in total. The first kappa shape index (κ1) is 32.6. The number of aromatic amines is 2. The maximum absolute atomic E-state index is 12.4. The van der Waals surface area contributed by atoms with Gasteiger partial charge in [0.1, 0.15) is 36.6 Å². The Bertz CT molecular complexity index is 1570. The van der Waals surface area contributed by atoms with Crippen LogP contribution in [0.2, 0.25) is 0 Å². The molecule has 1 unspecified atom stereocenters. The molecule has 0 aromatic carbocycles. The molecule has 17 nitrogen and oxygen atoms in total. The minimum atomic E-state index is -2.60. The molecule has 18 heteroatoms. The lowest BCUT2D eigenvalue weighted by atomic mass is 10.1. The Labute approximate surface area is 244 Å². The first-order valence-corrected chi connectivity index (χ1v) is 14.5. The topological polar surface area (TPSA) is 230 Å². The molecule has 4 rings (SSSR count). The van der Waals surface area contributed by atoms with Gasteiger partial charge in [-0.15, -0.1) is 0 Å². The number of ether oxygens (including phenoxy) is 3. The van der Waals surface area contributed by atoms with Crippen molar-refractivity contribution in [1.82, 2.24) is 19.1 Å². The number of H-pyrrole nitrogens is 2. The van der Waals surface area contributed by atoms with Crippen molar-refractivity contribution in [2.45, 2.75) is 83.3 Å². The predicted octanol–water partition coefficient (Wildman–Crippen LogP) is -0.827. The van der Waals surface area contributed by atoms with E-state index in [4.69, 9.17) is 23.3 Å². The summed E-state index contributed by atoms with van der Waals surface area (Å²) in [5.41, 5.74) is -2.04. The van der Waals surface area contributed by atoms with Gasteiger partial charge >= 0.3 is 26.0 Å². The Kier molecular flexibility index (Phi) is 10.6. The van der Waals surface area contributed by atoms with E-state index in [-0.39, 0.29) is 49.2 Å². The number of carbonyl (C=O) groups excluding carboxylic acids is 2. The molecule has 0 spiro atoms. The summed E-state index contributed by atoms with van der Waals surface area (Å²) >= 11 is 0. The summed E-state index contributed by atoms with van der Waals surface area (Å²) in [6, 6.07) is 0. The Hall–Kier alpha value is -3.31. The number of nitrogens with one attached hydrogen (secondary N) is 2. The van der Waals surface area contributed by atoms with Crippen LogP contribution < -0.4 is 22.5 Å². The minimum Gasteiger partial charge on any atom is -0.459 e. The molecule has 0 aliphatic carbocycles. The predicted molar refractivity (Wildman–Crippen MR) is 146 cm³/mol. The Morgan fingerprint density at radius 2 is 1.47 bits per heavy atom. The molecular formula is C25H33N4O13P.